The first-order valence-corrected chi connectivity index (χ1v) is 44.9. The fraction of sp³-hybridized carbons (Fsp3) is 0.00971. The van der Waals surface area contributed by atoms with Crippen LogP contribution in [0, 0.1) is 0 Å². The smallest absolute Gasteiger partial charge is 0.0346 e. The molecule has 9 heterocycles. The Bertz CT molecular complexity index is 5810. The Hall–Kier alpha value is -10.7. The van der Waals surface area contributed by atoms with Crippen molar-refractivity contribution in [1.82, 2.24) is 44.4 Å². The minimum Gasteiger partial charge on any atom is -0.357 e. The molecule has 9 nitrogen and oxygen atoms in total. The van der Waals surface area contributed by atoms with Crippen molar-refractivity contribution >= 4 is 154 Å². The summed E-state index contributed by atoms with van der Waals surface area (Å²) in [7, 11) is 2.03. The van der Waals surface area contributed by atoms with Crippen LogP contribution in [0.1, 0.15) is 0 Å². The number of halogens is 9. The van der Waals surface area contributed by atoms with Gasteiger partial charge in [-0.2, -0.15) is 0 Å². The van der Waals surface area contributed by atoms with Gasteiger partial charge in [-0.25, -0.2) is 0 Å². The number of nitrogens with zero attached hydrogens (tertiary/aromatic N) is 9. The van der Waals surface area contributed by atoms with Crippen LogP contribution in [-0.2, 0) is 7.05 Å². The van der Waals surface area contributed by atoms with Crippen molar-refractivity contribution in [2.75, 3.05) is 0 Å². The summed E-state index contributed by atoms with van der Waals surface area (Å²) >= 11 is 30.9. The molecule has 0 fully saturated rings. The molecule has 0 radical (unpaired) electrons. The van der Waals surface area contributed by atoms with Crippen molar-refractivity contribution in [3.05, 3.63) is 485 Å². The maximum Gasteiger partial charge on any atom is 0.0346 e. The summed E-state index contributed by atoms with van der Waals surface area (Å²) in [5, 5.41) is 2.50. The molecule has 596 valence electrons. The Morgan fingerprint density at radius 2 is 0.479 bits per heavy atom. The highest BCUT2D eigenvalue weighted by molar-refractivity contribution is 9.12. The van der Waals surface area contributed by atoms with Crippen LogP contribution in [0.3, 0.4) is 0 Å². The summed E-state index contributed by atoms with van der Waals surface area (Å²) in [6.45, 7) is 0. The van der Waals surface area contributed by atoms with E-state index in [-0.39, 0.29) is 0 Å². The molecule has 0 N–H and O–H groups in total. The summed E-state index contributed by atoms with van der Waals surface area (Å²) < 4.78 is 12.0. The highest BCUT2D eigenvalue weighted by Gasteiger charge is 2.09. The van der Waals surface area contributed by atoms with E-state index < -0.39 is 0 Å². The van der Waals surface area contributed by atoms with Crippen LogP contribution in [-0.4, -0.2) is 44.4 Å². The molecule has 0 saturated carbocycles. The number of hydrogen-bond donors (Lipinski definition) is 0. The molecular formula is C103H76Br9N9. The first-order chi connectivity index (χ1) is 59.1. The summed E-state index contributed by atoms with van der Waals surface area (Å²) in [4.78, 5) is 32.7. The lowest BCUT2D eigenvalue weighted by Crippen LogP contribution is -1.84. The van der Waals surface area contributed by atoms with Crippen LogP contribution in [0.15, 0.2) is 485 Å². The molecule has 0 aliphatic heterocycles. The Kier molecular flexibility index (Phi) is 37.5. The van der Waals surface area contributed by atoms with E-state index in [0.29, 0.717) is 0 Å². The number of benzene rings is 10. The van der Waals surface area contributed by atoms with Crippen molar-refractivity contribution in [2.45, 2.75) is 0 Å². The monoisotopic (exact) mass is 2150 g/mol. The topological polar surface area (TPSA) is 108 Å². The lowest BCUT2D eigenvalue weighted by molar-refractivity contribution is 0.928. The molecule has 0 saturated heterocycles. The first kappa shape index (κ1) is 91.0. The van der Waals surface area contributed by atoms with Crippen molar-refractivity contribution < 1.29 is 0 Å². The van der Waals surface area contributed by atoms with Gasteiger partial charge in [-0.15, -0.1) is 0 Å². The maximum atomic E-state index is 4.17. The summed E-state index contributed by atoms with van der Waals surface area (Å²) in [5.41, 5.74) is 21.2. The van der Waals surface area contributed by atoms with E-state index in [9.17, 15) is 0 Å². The van der Waals surface area contributed by atoms with Gasteiger partial charge >= 0.3 is 0 Å². The minimum atomic E-state index is 1.05. The third-order valence-corrected chi connectivity index (χ3v) is 22.5. The summed E-state index contributed by atoms with van der Waals surface area (Å²) in [6.07, 6.45) is 33.3. The quantitative estimate of drug-likeness (QED) is 0.141. The van der Waals surface area contributed by atoms with Gasteiger partial charge in [-0.3, -0.25) is 39.9 Å². The summed E-state index contributed by atoms with van der Waals surface area (Å²) in [5.74, 6) is 0. The van der Waals surface area contributed by atoms with Gasteiger partial charge in [0, 0.05) is 176 Å². The van der Waals surface area contributed by atoms with E-state index in [1.165, 1.54) is 66.4 Å². The molecule has 0 aliphatic carbocycles. The Morgan fingerprint density at radius 1 is 0.182 bits per heavy atom. The molecule has 19 aromatic rings. The predicted molar refractivity (Wildman–Crippen MR) is 535 cm³/mol. The molecule has 0 bridgehead atoms. The number of aromatic nitrogens is 9. The number of rotatable bonds is 9. The lowest BCUT2D eigenvalue weighted by Gasteiger charge is -2.08. The molecular weight excluding hydrogens is 2080 g/mol. The second-order valence-corrected chi connectivity index (χ2v) is 34.4. The van der Waals surface area contributed by atoms with Gasteiger partial charge in [0.05, 0.1) is 0 Å². The van der Waals surface area contributed by atoms with E-state index in [0.717, 1.165) is 84.8 Å². The zero-order valence-corrected chi connectivity index (χ0v) is 79.3. The van der Waals surface area contributed by atoms with Gasteiger partial charge in [-0.05, 0) is 270 Å². The zero-order valence-electron chi connectivity index (χ0n) is 65.1. The van der Waals surface area contributed by atoms with E-state index in [4.69, 9.17) is 0 Å². The first-order valence-electron chi connectivity index (χ1n) is 37.7. The second kappa shape index (κ2) is 49.9. The standard InChI is InChI=1S/C16H11BrN2.C15H10BrN.C11H10BrN.5C11H8BrN.C6H5Br/c17-16-8-14(12-3-1-5-18-10-12)7-15(9-16)13-4-2-6-19-11-13;16-15-6-5-12(11-7-9-17-10-8-11)13-3-1-2-4-14(13)15;1-13-7-6-10(8-13)9-2-4-11(12)5-3-9;12-11-3-1-9(2-4-11)10-5-7-13-8-6-10;12-11-5-1-3-9(7-11)10-4-2-6-13-8-10;3*12-11-5-3-9(4-6-11)10-2-1-7-13-8-10;7-6-4-2-1-3-5-6/h1-11H;1-10H;2-8H,1H3;5*1-8H;1-5H. The van der Waals surface area contributed by atoms with E-state index in [1.54, 1.807) is 49.6 Å². The van der Waals surface area contributed by atoms with Crippen molar-refractivity contribution in [2.24, 2.45) is 7.05 Å². The van der Waals surface area contributed by atoms with Gasteiger partial charge in [0.15, 0.2) is 0 Å². The van der Waals surface area contributed by atoms with Crippen LogP contribution in [0.2, 0.25) is 0 Å². The minimum absolute atomic E-state index is 1.05. The zero-order chi connectivity index (χ0) is 84.6. The van der Waals surface area contributed by atoms with Crippen LogP contribution >= 0.6 is 143 Å². The van der Waals surface area contributed by atoms with E-state index in [2.05, 4.69) is 382 Å². The number of fused-ring (bicyclic) bond motifs is 1. The molecule has 0 aliphatic rings. The van der Waals surface area contributed by atoms with Crippen molar-refractivity contribution in [3.8, 4) is 100 Å². The highest BCUT2D eigenvalue weighted by Crippen LogP contribution is 2.35. The lowest BCUT2D eigenvalue weighted by atomic mass is 9.99. The molecule has 19 rings (SSSR count). The van der Waals surface area contributed by atoms with Crippen molar-refractivity contribution in [1.29, 1.82) is 0 Å². The molecule has 10 aromatic carbocycles. The van der Waals surface area contributed by atoms with Crippen LogP contribution in [0.5, 0.6) is 0 Å². The third-order valence-electron chi connectivity index (χ3n) is 17.7. The average molecular weight is 2160 g/mol. The molecule has 0 spiro atoms. The van der Waals surface area contributed by atoms with Gasteiger partial charge in [-0.1, -0.05) is 301 Å². The van der Waals surface area contributed by atoms with Gasteiger partial charge < -0.3 is 4.57 Å². The van der Waals surface area contributed by atoms with Gasteiger partial charge in [0.1, 0.15) is 0 Å². The second-order valence-electron chi connectivity index (χ2n) is 26.2. The van der Waals surface area contributed by atoms with Crippen molar-refractivity contribution in [3.63, 3.8) is 0 Å². The molecule has 0 unspecified atom stereocenters. The largest absolute Gasteiger partial charge is 0.357 e. The fourth-order valence-electron chi connectivity index (χ4n) is 11.7. The SMILES string of the molecule is Brc1cc(-c2cccnc2)cc(-c2cccnc2)c1.Brc1ccc(-c2cccnc2)cc1.Brc1ccc(-c2cccnc2)cc1.Brc1ccc(-c2cccnc2)cc1.Brc1ccc(-c2ccncc2)c2ccccc12.Brc1ccc(-c2ccncc2)cc1.Brc1cccc(-c2cccnc2)c1.Brc1ccccc1.Cn1ccc(-c2ccc(Br)cc2)c1. The normalized spacial score (nSPS) is 10.1. The maximum absolute atomic E-state index is 4.17. The highest BCUT2D eigenvalue weighted by atomic mass is 79.9. The Morgan fingerprint density at radius 3 is 0.818 bits per heavy atom. The van der Waals surface area contributed by atoms with Gasteiger partial charge in [0.25, 0.3) is 0 Å². The molecule has 0 amide bonds. The van der Waals surface area contributed by atoms with E-state index >= 15 is 0 Å². The molecule has 0 atom stereocenters. The van der Waals surface area contributed by atoms with Crippen LogP contribution in [0.25, 0.3) is 111 Å². The third kappa shape index (κ3) is 30.7. The van der Waals surface area contributed by atoms with E-state index in [1.807, 2.05) is 208 Å². The Balaban J connectivity index is 0.000000134. The van der Waals surface area contributed by atoms with Crippen LogP contribution in [0.4, 0.5) is 0 Å². The predicted octanol–water partition coefficient (Wildman–Crippen LogP) is 32.7. The van der Waals surface area contributed by atoms with Crippen LogP contribution < -0.4 is 0 Å². The molecule has 9 aromatic heterocycles. The average Bonchev–Trinajstić information content (AvgIpc) is 0.908. The molecule has 18 heteroatoms. The number of pyridine rings is 8. The number of aryl methyl sites for hydroxylation is 1. The number of hydrogen-bond acceptors (Lipinski definition) is 8. The summed E-state index contributed by atoms with van der Waals surface area (Å²) in [6, 6.07) is 112. The van der Waals surface area contributed by atoms with Gasteiger partial charge in [0.2, 0.25) is 0 Å². The fourth-order valence-corrected chi connectivity index (χ4v) is 14.7. The molecule has 121 heavy (non-hydrogen) atoms. The Labute approximate surface area is 782 Å².